The summed E-state index contributed by atoms with van der Waals surface area (Å²) in [6, 6.07) is 6.15. The van der Waals surface area contributed by atoms with Gasteiger partial charge in [0.05, 0.1) is 0 Å². The van der Waals surface area contributed by atoms with E-state index in [9.17, 15) is 22.6 Å². The Morgan fingerprint density at radius 1 is 1.21 bits per heavy atom. The maximum atomic E-state index is 11.6. The number of halogens is 3. The van der Waals surface area contributed by atoms with Crippen molar-refractivity contribution < 1.29 is 27.2 Å². The van der Waals surface area contributed by atoms with Gasteiger partial charge in [0, 0.05) is 5.30 Å². The van der Waals surface area contributed by atoms with E-state index in [1.165, 1.54) is 18.2 Å². The van der Waals surface area contributed by atoms with E-state index in [0.29, 0.717) is 0 Å². The summed E-state index contributed by atoms with van der Waals surface area (Å²) in [6.07, 6.45) is -5.19. The van der Waals surface area contributed by atoms with Gasteiger partial charge >= 0.3 is 6.36 Å². The first-order valence-electron chi connectivity index (χ1n) is 3.45. The number of hydrogen-bond donors (Lipinski definition) is 0. The van der Waals surface area contributed by atoms with E-state index in [4.69, 9.17) is 0 Å². The highest BCUT2D eigenvalue weighted by atomic mass is 31.2. The van der Waals surface area contributed by atoms with Gasteiger partial charge in [-0.2, -0.15) is 0 Å². The molecule has 1 aromatic rings. The maximum absolute atomic E-state index is 11.6. The zero-order valence-electron chi connectivity index (χ0n) is 6.69. The van der Waals surface area contributed by atoms with Gasteiger partial charge < -0.3 is 9.46 Å². The Labute approximate surface area is 77.7 Å². The molecule has 14 heavy (non-hydrogen) atoms. The lowest BCUT2D eigenvalue weighted by Crippen LogP contribution is -2.24. The van der Waals surface area contributed by atoms with Crippen molar-refractivity contribution in [1.82, 2.24) is 0 Å². The zero-order chi connectivity index (χ0) is 10.8. The number of hydrogen-bond acceptors (Lipinski definition) is 3. The third kappa shape index (κ3) is 3.14. The van der Waals surface area contributed by atoms with Crippen LogP contribution in [0.25, 0.3) is 0 Å². The number of alkyl halides is 3. The van der Waals surface area contributed by atoms with Gasteiger partial charge in [-0.05, 0) is 0 Å². The molecule has 0 N–H and O–H groups in total. The van der Waals surface area contributed by atoms with E-state index in [1.807, 2.05) is 0 Å². The fourth-order valence-corrected chi connectivity index (χ4v) is 1.71. The molecule has 0 spiro atoms. The lowest BCUT2D eigenvalue weighted by molar-refractivity contribution is -0.306. The summed E-state index contributed by atoms with van der Waals surface area (Å²) in [7, 11) is -5.04. The van der Waals surface area contributed by atoms with Gasteiger partial charge in [0.25, 0.3) is 0 Å². The van der Waals surface area contributed by atoms with Crippen LogP contribution >= 0.6 is 7.60 Å². The first kappa shape index (κ1) is 11.2. The van der Waals surface area contributed by atoms with E-state index in [-0.39, 0.29) is 0 Å². The minimum atomic E-state index is -5.19. The van der Waals surface area contributed by atoms with Crippen molar-refractivity contribution >= 4 is 12.9 Å². The molecule has 1 rings (SSSR count). The quantitative estimate of drug-likeness (QED) is 0.715. The van der Waals surface area contributed by atoms with E-state index >= 15 is 0 Å². The van der Waals surface area contributed by atoms with Crippen LogP contribution in [0, 0.1) is 0 Å². The monoisotopic (exact) mass is 225 g/mol. The molecular weight excluding hydrogens is 220 g/mol. The van der Waals surface area contributed by atoms with Crippen LogP contribution in [-0.4, -0.2) is 6.36 Å². The summed E-state index contributed by atoms with van der Waals surface area (Å²) < 4.78 is 48.9. The Kier molecular flexibility index (Phi) is 2.99. The van der Waals surface area contributed by atoms with Crippen LogP contribution in [0.3, 0.4) is 0 Å². The molecule has 0 radical (unpaired) electrons. The maximum Gasteiger partial charge on any atom is 0.527 e. The Hall–Kier alpha value is -0.840. The topological polar surface area (TPSA) is 49.4 Å². The molecule has 7 heteroatoms. The van der Waals surface area contributed by atoms with E-state index < -0.39 is 19.3 Å². The second-order valence-electron chi connectivity index (χ2n) is 2.37. The van der Waals surface area contributed by atoms with Crippen LogP contribution in [0.4, 0.5) is 13.2 Å². The fraction of sp³-hybridized carbons (Fsp3) is 0.143. The van der Waals surface area contributed by atoms with Gasteiger partial charge in [-0.3, -0.25) is 0 Å². The molecule has 0 saturated heterocycles. The van der Waals surface area contributed by atoms with Gasteiger partial charge in [0.2, 0.25) is 0 Å². The van der Waals surface area contributed by atoms with Crippen LogP contribution in [0.2, 0.25) is 0 Å². The summed E-state index contributed by atoms with van der Waals surface area (Å²) in [5.74, 6) is 0. The molecule has 0 heterocycles. The SMILES string of the molecule is O=P([O-])(OC(F)(F)F)c1ccccc1. The van der Waals surface area contributed by atoms with Gasteiger partial charge in [0.15, 0.2) is 7.60 Å². The van der Waals surface area contributed by atoms with Crippen molar-refractivity contribution in [3.8, 4) is 0 Å². The molecule has 1 aromatic carbocycles. The average Bonchev–Trinajstić information content (AvgIpc) is 2.01. The van der Waals surface area contributed by atoms with Gasteiger partial charge in [-0.1, -0.05) is 30.3 Å². The zero-order valence-corrected chi connectivity index (χ0v) is 7.59. The van der Waals surface area contributed by atoms with Crippen molar-refractivity contribution in [3.05, 3.63) is 30.3 Å². The molecule has 78 valence electrons. The normalized spacial score (nSPS) is 16.3. The minimum absolute atomic E-state index is 0.502. The first-order chi connectivity index (χ1) is 6.31. The van der Waals surface area contributed by atoms with Gasteiger partial charge in [-0.15, -0.1) is 13.2 Å². The van der Waals surface area contributed by atoms with Crippen LogP contribution < -0.4 is 10.2 Å². The molecule has 3 nitrogen and oxygen atoms in total. The van der Waals surface area contributed by atoms with E-state index in [1.54, 1.807) is 0 Å². The highest BCUT2D eigenvalue weighted by Gasteiger charge is 2.35. The minimum Gasteiger partial charge on any atom is -0.775 e. The molecule has 0 aliphatic rings. The molecule has 0 aromatic heterocycles. The average molecular weight is 225 g/mol. The highest BCUT2D eigenvalue weighted by Crippen LogP contribution is 2.42. The second kappa shape index (κ2) is 3.73. The first-order valence-corrected chi connectivity index (χ1v) is 5.00. The van der Waals surface area contributed by atoms with Crippen molar-refractivity contribution in [2.24, 2.45) is 0 Å². The molecule has 0 aliphatic heterocycles. The molecular formula is C7H5F3O3P-. The molecule has 0 fully saturated rings. The molecule has 1 atom stereocenters. The second-order valence-corrected chi connectivity index (χ2v) is 4.06. The third-order valence-electron chi connectivity index (χ3n) is 1.30. The molecule has 1 unspecified atom stereocenters. The predicted octanol–water partition coefficient (Wildman–Crippen LogP) is 1.40. The fourth-order valence-electron chi connectivity index (χ4n) is 0.800. The highest BCUT2D eigenvalue weighted by molar-refractivity contribution is 7.59. The van der Waals surface area contributed by atoms with Crippen LogP contribution in [0.1, 0.15) is 0 Å². The van der Waals surface area contributed by atoms with E-state index in [0.717, 1.165) is 12.1 Å². The van der Waals surface area contributed by atoms with Crippen molar-refractivity contribution in [2.75, 3.05) is 0 Å². The summed E-state index contributed by atoms with van der Waals surface area (Å²) in [5, 5.41) is -0.502. The molecule has 0 amide bonds. The number of rotatable bonds is 2. The van der Waals surface area contributed by atoms with E-state index in [2.05, 4.69) is 4.52 Å². The Bertz CT molecular complexity index is 349. The smallest absolute Gasteiger partial charge is 0.527 e. The Morgan fingerprint density at radius 2 is 1.71 bits per heavy atom. The predicted molar refractivity (Wildman–Crippen MR) is 40.8 cm³/mol. The molecule has 0 saturated carbocycles. The molecule has 0 aliphatic carbocycles. The summed E-state index contributed by atoms with van der Waals surface area (Å²) in [6.45, 7) is 0. The lowest BCUT2D eigenvalue weighted by atomic mass is 10.4. The van der Waals surface area contributed by atoms with Crippen LogP contribution in [-0.2, 0) is 9.09 Å². The van der Waals surface area contributed by atoms with Crippen molar-refractivity contribution in [3.63, 3.8) is 0 Å². The standard InChI is InChI=1S/C7H6F3O3P/c8-7(9,10)13-14(11,12)6-4-2-1-3-5-6/h1-5H,(H,11,12)/p-1. The van der Waals surface area contributed by atoms with Gasteiger partial charge in [-0.25, -0.2) is 4.52 Å². The molecule has 0 bridgehead atoms. The summed E-state index contributed by atoms with van der Waals surface area (Å²) in [4.78, 5) is 10.9. The van der Waals surface area contributed by atoms with Gasteiger partial charge in [0.1, 0.15) is 0 Å². The van der Waals surface area contributed by atoms with Crippen LogP contribution in [0.5, 0.6) is 0 Å². The summed E-state index contributed by atoms with van der Waals surface area (Å²) >= 11 is 0. The van der Waals surface area contributed by atoms with Crippen molar-refractivity contribution in [1.29, 1.82) is 0 Å². The Morgan fingerprint density at radius 3 is 2.14 bits per heavy atom. The number of benzene rings is 1. The van der Waals surface area contributed by atoms with Crippen molar-refractivity contribution in [2.45, 2.75) is 6.36 Å². The summed E-state index contributed by atoms with van der Waals surface area (Å²) in [5.41, 5.74) is 0. The Balaban J connectivity index is 2.93. The van der Waals surface area contributed by atoms with Crippen LogP contribution in [0.15, 0.2) is 30.3 Å². The largest absolute Gasteiger partial charge is 0.775 e. The lowest BCUT2D eigenvalue weighted by Gasteiger charge is -2.24. The third-order valence-corrected chi connectivity index (χ3v) is 2.67.